The zero-order valence-corrected chi connectivity index (χ0v) is 29.7. The zero-order chi connectivity index (χ0) is 33.9. The summed E-state index contributed by atoms with van der Waals surface area (Å²) in [6, 6.07) is 7.84. The molecule has 4 fully saturated rings. The van der Waals surface area contributed by atoms with Gasteiger partial charge in [0, 0.05) is 25.7 Å². The lowest BCUT2D eigenvalue weighted by Gasteiger charge is -2.55. The molecule has 2 amide bonds. The SMILES string of the molecule is CC(C)C[C@H]1ON(CCCC2CCN(S(=O)(=O)c3ccc(C#N)cc3)CC2)C2CN(C3CCN(C)CC3)C(=O)[C@H](CC(C)C)N2C1=O. The van der Waals surface area contributed by atoms with E-state index in [1.165, 1.54) is 12.1 Å². The van der Waals surface area contributed by atoms with Crippen LogP contribution in [-0.2, 0) is 24.4 Å². The Balaban J connectivity index is 1.25. The Hall–Kier alpha value is -2.56. The van der Waals surface area contributed by atoms with Crippen LogP contribution in [-0.4, -0.2) is 115 Å². The van der Waals surface area contributed by atoms with E-state index < -0.39 is 22.2 Å². The highest BCUT2D eigenvalue weighted by Gasteiger charge is 2.52. The van der Waals surface area contributed by atoms with Gasteiger partial charge in [-0.2, -0.15) is 14.6 Å². The first kappa shape index (κ1) is 35.7. The minimum absolute atomic E-state index is 0.0576. The van der Waals surface area contributed by atoms with Crippen molar-refractivity contribution >= 4 is 21.8 Å². The van der Waals surface area contributed by atoms with Gasteiger partial charge in [0.15, 0.2) is 6.10 Å². The summed E-state index contributed by atoms with van der Waals surface area (Å²) in [5, 5.41) is 11.1. The van der Waals surface area contributed by atoms with Gasteiger partial charge < -0.3 is 14.7 Å². The molecule has 0 N–H and O–H groups in total. The molecule has 0 spiro atoms. The van der Waals surface area contributed by atoms with Gasteiger partial charge in [0.25, 0.3) is 5.91 Å². The summed E-state index contributed by atoms with van der Waals surface area (Å²) in [5.41, 5.74) is 0.438. The number of nitrogens with zero attached hydrogens (tertiary/aromatic N) is 6. The summed E-state index contributed by atoms with van der Waals surface area (Å²) in [6.07, 6.45) is 5.57. The second-order valence-corrected chi connectivity index (χ2v) is 16.8. The Morgan fingerprint density at radius 1 is 0.915 bits per heavy atom. The van der Waals surface area contributed by atoms with Gasteiger partial charge in [-0.15, -0.1) is 0 Å². The van der Waals surface area contributed by atoms with Crippen LogP contribution in [0.5, 0.6) is 0 Å². The van der Waals surface area contributed by atoms with Gasteiger partial charge in [0.1, 0.15) is 12.2 Å². The molecule has 4 aliphatic rings. The van der Waals surface area contributed by atoms with Crippen LogP contribution < -0.4 is 0 Å². The maximum absolute atomic E-state index is 14.1. The third kappa shape index (κ3) is 8.19. The number of rotatable bonds is 11. The number of sulfonamides is 1. The Kier molecular flexibility index (Phi) is 11.7. The van der Waals surface area contributed by atoms with E-state index in [1.54, 1.807) is 16.4 Å². The Bertz CT molecular complexity index is 1380. The largest absolute Gasteiger partial charge is 0.334 e. The molecular weight excluding hydrogens is 616 g/mol. The van der Waals surface area contributed by atoms with E-state index in [0.29, 0.717) is 50.5 Å². The summed E-state index contributed by atoms with van der Waals surface area (Å²) in [7, 11) is -1.47. The molecule has 0 radical (unpaired) electrons. The molecule has 0 saturated carbocycles. The predicted octanol–water partition coefficient (Wildman–Crippen LogP) is 3.91. The number of likely N-dealkylation sites (tertiary alicyclic amines) is 1. The van der Waals surface area contributed by atoms with E-state index in [2.05, 4.69) is 44.5 Å². The number of benzene rings is 1. The van der Waals surface area contributed by atoms with Gasteiger partial charge in [-0.1, -0.05) is 27.7 Å². The number of fused-ring (bicyclic) bond motifs is 1. The van der Waals surface area contributed by atoms with Crippen molar-refractivity contribution in [2.24, 2.45) is 17.8 Å². The lowest BCUT2D eigenvalue weighted by Crippen LogP contribution is -2.74. The lowest BCUT2D eigenvalue weighted by molar-refractivity contribution is -0.290. The minimum Gasteiger partial charge on any atom is -0.334 e. The predicted molar refractivity (Wildman–Crippen MR) is 179 cm³/mol. The fourth-order valence-corrected chi connectivity index (χ4v) is 9.21. The molecule has 0 bridgehead atoms. The molecule has 1 unspecified atom stereocenters. The van der Waals surface area contributed by atoms with Crippen molar-refractivity contribution in [1.82, 2.24) is 24.1 Å². The van der Waals surface area contributed by atoms with E-state index in [9.17, 15) is 18.0 Å². The van der Waals surface area contributed by atoms with Crippen LogP contribution >= 0.6 is 0 Å². The van der Waals surface area contributed by atoms with Gasteiger partial charge in [-0.05, 0) is 114 Å². The second kappa shape index (κ2) is 15.3. The van der Waals surface area contributed by atoms with E-state index >= 15 is 0 Å². The maximum atomic E-state index is 14.1. The third-order valence-corrected chi connectivity index (χ3v) is 12.3. The van der Waals surface area contributed by atoms with Gasteiger partial charge in [0.2, 0.25) is 15.9 Å². The number of carbonyl (C=O) groups excluding carboxylic acids is 2. The molecule has 3 atom stereocenters. The molecule has 1 aromatic rings. The number of carbonyl (C=O) groups is 2. The standard InChI is InChI=1S/C35H54N6O5S/c1-25(2)21-31-34(42)39(29-14-17-37(5)18-15-29)24-33-40(46-32(22-26(3)4)35(43)41(31)33)16-6-7-27-12-19-38(20-13-27)47(44,45)30-10-8-28(23-36)9-11-30/h8-11,25-27,29,31-33H,6-7,12-22,24H2,1-5H3/t31-,32+,33?/m0/s1. The van der Waals surface area contributed by atoms with Crippen molar-refractivity contribution in [2.45, 2.75) is 108 Å². The lowest BCUT2D eigenvalue weighted by atomic mass is 9.92. The first-order valence-electron chi connectivity index (χ1n) is 17.6. The van der Waals surface area contributed by atoms with Gasteiger partial charge in [0.05, 0.1) is 23.1 Å². The number of piperazine rings is 1. The molecule has 12 heteroatoms. The highest BCUT2D eigenvalue weighted by atomic mass is 32.2. The normalized spacial score (nSPS) is 26.3. The fourth-order valence-electron chi connectivity index (χ4n) is 7.74. The van der Waals surface area contributed by atoms with Crippen molar-refractivity contribution in [3.63, 3.8) is 0 Å². The third-order valence-electron chi connectivity index (χ3n) is 10.4. The maximum Gasteiger partial charge on any atom is 0.255 e. The van der Waals surface area contributed by atoms with Crippen molar-refractivity contribution in [1.29, 1.82) is 5.26 Å². The average Bonchev–Trinajstić information content (AvgIpc) is 3.04. The van der Waals surface area contributed by atoms with Crippen LogP contribution in [0.4, 0.5) is 0 Å². The fraction of sp³-hybridized carbons (Fsp3) is 0.743. The summed E-state index contributed by atoms with van der Waals surface area (Å²) < 4.78 is 28.0. The molecule has 0 aromatic heterocycles. The van der Waals surface area contributed by atoms with E-state index in [4.69, 9.17) is 10.1 Å². The Labute approximate surface area is 281 Å². The molecule has 260 valence electrons. The quantitative estimate of drug-likeness (QED) is 0.348. The second-order valence-electron chi connectivity index (χ2n) is 14.9. The molecule has 1 aromatic carbocycles. The van der Waals surface area contributed by atoms with Crippen LogP contribution in [0.25, 0.3) is 0 Å². The first-order valence-corrected chi connectivity index (χ1v) is 19.1. The molecule has 11 nitrogen and oxygen atoms in total. The molecule has 0 aliphatic carbocycles. The Morgan fingerprint density at radius 2 is 1.55 bits per heavy atom. The molecule has 4 aliphatic heterocycles. The van der Waals surface area contributed by atoms with Crippen molar-refractivity contribution in [3.05, 3.63) is 29.8 Å². The molecule has 47 heavy (non-hydrogen) atoms. The number of hydroxylamine groups is 2. The highest BCUT2D eigenvalue weighted by Crippen LogP contribution is 2.35. The molecular formula is C35H54N6O5S. The van der Waals surface area contributed by atoms with Crippen LogP contribution in [0.1, 0.15) is 84.6 Å². The summed E-state index contributed by atoms with van der Waals surface area (Å²) in [6.45, 7) is 12.4. The Morgan fingerprint density at radius 3 is 2.15 bits per heavy atom. The van der Waals surface area contributed by atoms with Crippen molar-refractivity contribution < 1.29 is 22.8 Å². The topological polar surface area (TPSA) is 118 Å². The molecule has 5 rings (SSSR count). The summed E-state index contributed by atoms with van der Waals surface area (Å²) >= 11 is 0. The van der Waals surface area contributed by atoms with E-state index in [1.807, 2.05) is 16.0 Å². The van der Waals surface area contributed by atoms with Crippen LogP contribution in [0.15, 0.2) is 29.2 Å². The average molecular weight is 671 g/mol. The molecule has 4 saturated heterocycles. The van der Waals surface area contributed by atoms with E-state index in [0.717, 1.165) is 51.6 Å². The van der Waals surface area contributed by atoms with E-state index in [-0.39, 0.29) is 40.8 Å². The van der Waals surface area contributed by atoms with Crippen LogP contribution in [0.2, 0.25) is 0 Å². The van der Waals surface area contributed by atoms with Crippen molar-refractivity contribution in [3.8, 4) is 6.07 Å². The first-order chi connectivity index (χ1) is 22.4. The van der Waals surface area contributed by atoms with Gasteiger partial charge >= 0.3 is 0 Å². The van der Waals surface area contributed by atoms with Gasteiger partial charge in [-0.25, -0.2) is 8.42 Å². The summed E-state index contributed by atoms with van der Waals surface area (Å²) in [4.78, 5) is 41.1. The van der Waals surface area contributed by atoms with Gasteiger partial charge in [-0.3, -0.25) is 14.4 Å². The zero-order valence-electron chi connectivity index (χ0n) is 28.9. The van der Waals surface area contributed by atoms with Crippen LogP contribution in [0.3, 0.4) is 0 Å². The number of amides is 2. The number of piperidine rings is 2. The monoisotopic (exact) mass is 670 g/mol. The van der Waals surface area contributed by atoms with Crippen molar-refractivity contribution in [2.75, 3.05) is 46.3 Å². The number of hydrogen-bond acceptors (Lipinski definition) is 8. The minimum atomic E-state index is -3.60. The number of hydrogen-bond donors (Lipinski definition) is 0. The smallest absolute Gasteiger partial charge is 0.255 e. The number of nitriles is 1. The molecule has 4 heterocycles. The van der Waals surface area contributed by atoms with Crippen LogP contribution in [0, 0.1) is 29.1 Å². The summed E-state index contributed by atoms with van der Waals surface area (Å²) in [5.74, 6) is 0.964. The highest BCUT2D eigenvalue weighted by molar-refractivity contribution is 7.89.